The number of halogens is 1. The van der Waals surface area contributed by atoms with Crippen LogP contribution in [0.15, 0.2) is 37.3 Å². The zero-order valence-electron chi connectivity index (χ0n) is 15.9. The molecule has 6 nitrogen and oxygen atoms in total. The van der Waals surface area contributed by atoms with E-state index in [1.54, 1.807) is 16.8 Å². The zero-order valence-corrected chi connectivity index (χ0v) is 15.9. The summed E-state index contributed by atoms with van der Waals surface area (Å²) in [6, 6.07) is 3.93. The second kappa shape index (κ2) is 6.58. The van der Waals surface area contributed by atoms with Crippen LogP contribution in [0.2, 0.25) is 0 Å². The minimum absolute atomic E-state index is 0.0896. The van der Waals surface area contributed by atoms with Crippen molar-refractivity contribution >= 4 is 17.2 Å². The predicted octanol–water partition coefficient (Wildman–Crippen LogP) is 3.50. The Bertz CT molecular complexity index is 1060. The maximum Gasteiger partial charge on any atom is 0.166 e. The molecule has 3 aromatic heterocycles. The summed E-state index contributed by atoms with van der Waals surface area (Å²) in [6.07, 6.45) is 8.75. The Morgan fingerprint density at radius 2 is 2.18 bits per heavy atom. The van der Waals surface area contributed by atoms with Crippen molar-refractivity contribution in [2.75, 3.05) is 11.4 Å². The quantitative estimate of drug-likeness (QED) is 0.649. The van der Waals surface area contributed by atoms with Crippen LogP contribution in [0.5, 0.6) is 0 Å². The van der Waals surface area contributed by atoms with Crippen LogP contribution in [-0.4, -0.2) is 32.2 Å². The van der Waals surface area contributed by atoms with Crippen molar-refractivity contribution in [3.8, 4) is 0 Å². The van der Waals surface area contributed by atoms with E-state index in [0.717, 1.165) is 66.2 Å². The van der Waals surface area contributed by atoms with Crippen molar-refractivity contribution in [2.24, 2.45) is 0 Å². The van der Waals surface area contributed by atoms with Crippen molar-refractivity contribution < 1.29 is 4.39 Å². The van der Waals surface area contributed by atoms with Gasteiger partial charge in [-0.3, -0.25) is 4.98 Å². The van der Waals surface area contributed by atoms with Crippen molar-refractivity contribution in [3.05, 3.63) is 59.9 Å². The molecule has 1 saturated heterocycles. The second-order valence-electron chi connectivity index (χ2n) is 7.72. The first-order valence-corrected chi connectivity index (χ1v) is 9.81. The summed E-state index contributed by atoms with van der Waals surface area (Å²) >= 11 is 0. The number of aromatic nitrogens is 4. The van der Waals surface area contributed by atoms with Crippen LogP contribution >= 0.6 is 0 Å². The normalized spacial score (nSPS) is 22.2. The Morgan fingerprint density at radius 3 is 3.07 bits per heavy atom. The number of nitrogens with one attached hydrogen (secondary N) is 1. The van der Waals surface area contributed by atoms with Gasteiger partial charge in [0.1, 0.15) is 11.6 Å². The van der Waals surface area contributed by atoms with Gasteiger partial charge in [-0.05, 0) is 50.3 Å². The molecule has 1 N–H and O–H groups in total. The molecule has 0 saturated carbocycles. The summed E-state index contributed by atoms with van der Waals surface area (Å²) in [5.41, 5.74) is 4.46. The molecule has 144 valence electrons. The smallest absolute Gasteiger partial charge is 0.166 e. The predicted molar refractivity (Wildman–Crippen MR) is 106 cm³/mol. The molecular weight excluding hydrogens is 355 g/mol. The van der Waals surface area contributed by atoms with E-state index in [4.69, 9.17) is 4.98 Å². The number of nitrogens with zero attached hydrogens (tertiary/aromatic N) is 5. The molecular formula is C21H23FN6. The molecule has 0 radical (unpaired) electrons. The maximum atomic E-state index is 14.1. The van der Waals surface area contributed by atoms with Gasteiger partial charge < -0.3 is 10.2 Å². The lowest BCUT2D eigenvalue weighted by atomic mass is 9.98. The highest BCUT2D eigenvalue weighted by Crippen LogP contribution is 2.37. The lowest BCUT2D eigenvalue weighted by Gasteiger charge is -2.27. The van der Waals surface area contributed by atoms with Crippen molar-refractivity contribution in [1.82, 2.24) is 24.9 Å². The third-order valence-corrected chi connectivity index (χ3v) is 5.79. The van der Waals surface area contributed by atoms with E-state index < -0.39 is 0 Å². The molecule has 2 bridgehead atoms. The van der Waals surface area contributed by atoms with Gasteiger partial charge in [0.25, 0.3) is 0 Å². The summed E-state index contributed by atoms with van der Waals surface area (Å²) < 4.78 is 15.9. The second-order valence-corrected chi connectivity index (χ2v) is 7.72. The lowest BCUT2D eigenvalue weighted by Crippen LogP contribution is -2.26. The average Bonchev–Trinajstić information content (AvgIpc) is 3.32. The minimum Gasteiger partial charge on any atom is -0.382 e. The van der Waals surface area contributed by atoms with E-state index in [0.29, 0.717) is 0 Å². The molecule has 2 atom stereocenters. The summed E-state index contributed by atoms with van der Waals surface area (Å²) in [6.45, 7) is 7.22. The molecule has 5 rings (SSSR count). The number of rotatable bonds is 0. The largest absolute Gasteiger partial charge is 0.382 e. The van der Waals surface area contributed by atoms with Crippen molar-refractivity contribution in [2.45, 2.75) is 44.7 Å². The van der Waals surface area contributed by atoms with Gasteiger partial charge in [0.15, 0.2) is 5.65 Å². The highest BCUT2D eigenvalue weighted by Gasteiger charge is 2.30. The maximum absolute atomic E-state index is 14.1. The molecule has 0 amide bonds. The van der Waals surface area contributed by atoms with E-state index in [2.05, 4.69) is 33.8 Å². The number of anilines is 1. The number of hydrogen-bond acceptors (Lipinski definition) is 5. The van der Waals surface area contributed by atoms with Crippen LogP contribution in [0, 0.1) is 5.82 Å². The Hall–Kier alpha value is -2.96. The lowest BCUT2D eigenvalue weighted by molar-refractivity contribution is 0.575. The molecule has 0 aliphatic carbocycles. The van der Waals surface area contributed by atoms with E-state index in [9.17, 15) is 4.39 Å². The summed E-state index contributed by atoms with van der Waals surface area (Å²) in [7, 11) is 0. The van der Waals surface area contributed by atoms with Crippen molar-refractivity contribution in [1.29, 1.82) is 0 Å². The average molecular weight is 378 g/mol. The van der Waals surface area contributed by atoms with Crippen molar-refractivity contribution in [3.63, 3.8) is 0 Å². The first-order chi connectivity index (χ1) is 13.6. The zero-order chi connectivity index (χ0) is 19.3. The van der Waals surface area contributed by atoms with E-state index in [-0.39, 0.29) is 17.9 Å². The van der Waals surface area contributed by atoms with Gasteiger partial charge in [-0.25, -0.2) is 13.9 Å². The number of pyridine rings is 1. The third-order valence-electron chi connectivity index (χ3n) is 5.79. The first-order valence-electron chi connectivity index (χ1n) is 9.81. The molecule has 5 heterocycles. The van der Waals surface area contributed by atoms with Crippen LogP contribution < -0.4 is 10.2 Å². The highest BCUT2D eigenvalue weighted by atomic mass is 19.1. The van der Waals surface area contributed by atoms with E-state index >= 15 is 0 Å². The fraction of sp³-hybridized carbons (Fsp3) is 0.381. The standard InChI is InChI=1S/C21H23FN6/c1-13-5-6-18-16(10-15(22)11-23-18)19-4-3-8-27(19)20-7-9-28-21(26-20)17(12-24-28)14(2)25-13/h7,9-13,19,25H,2-6,8H2,1H3/t13-,19-/m1/s1. The fourth-order valence-electron chi connectivity index (χ4n) is 4.38. The topological polar surface area (TPSA) is 58.4 Å². The highest BCUT2D eigenvalue weighted by molar-refractivity contribution is 5.74. The molecule has 1 fully saturated rings. The number of aryl methyl sites for hydroxylation is 1. The molecule has 3 aromatic rings. The van der Waals surface area contributed by atoms with Crippen LogP contribution in [-0.2, 0) is 6.42 Å². The van der Waals surface area contributed by atoms with Gasteiger partial charge in [0.2, 0.25) is 0 Å². The molecule has 0 spiro atoms. The Labute approximate surface area is 163 Å². The molecule has 2 aliphatic heterocycles. The SMILES string of the molecule is C=C1N[C@H](C)CCc2ncc(F)cc2[C@H]2CCCN2c2ccn3ncc1c3n2. The Balaban J connectivity index is 1.69. The van der Waals surface area contributed by atoms with Gasteiger partial charge in [0.05, 0.1) is 24.0 Å². The molecule has 2 aliphatic rings. The molecule has 0 aromatic carbocycles. The van der Waals surface area contributed by atoms with Crippen LogP contribution in [0.3, 0.4) is 0 Å². The van der Waals surface area contributed by atoms with Crippen LogP contribution in [0.1, 0.15) is 49.0 Å². The van der Waals surface area contributed by atoms with Gasteiger partial charge in [-0.15, -0.1) is 0 Å². The fourth-order valence-corrected chi connectivity index (χ4v) is 4.38. The van der Waals surface area contributed by atoms with Gasteiger partial charge >= 0.3 is 0 Å². The Kier molecular flexibility index (Phi) is 4.03. The van der Waals surface area contributed by atoms with Gasteiger partial charge in [0, 0.05) is 30.2 Å². The van der Waals surface area contributed by atoms with E-state index in [1.165, 1.54) is 6.20 Å². The molecule has 7 heteroatoms. The van der Waals surface area contributed by atoms with Crippen LogP contribution in [0.4, 0.5) is 10.2 Å². The minimum atomic E-state index is -0.282. The summed E-state index contributed by atoms with van der Waals surface area (Å²) in [5.74, 6) is 0.600. The number of hydrogen-bond donors (Lipinski definition) is 1. The van der Waals surface area contributed by atoms with Gasteiger partial charge in [-0.1, -0.05) is 6.58 Å². The summed E-state index contributed by atoms with van der Waals surface area (Å²) in [5, 5.41) is 7.88. The third kappa shape index (κ3) is 2.82. The Morgan fingerprint density at radius 1 is 1.29 bits per heavy atom. The van der Waals surface area contributed by atoms with Gasteiger partial charge in [-0.2, -0.15) is 5.10 Å². The molecule has 28 heavy (non-hydrogen) atoms. The van der Waals surface area contributed by atoms with Crippen LogP contribution in [0.25, 0.3) is 11.3 Å². The number of fused-ring (bicyclic) bond motifs is 5. The van der Waals surface area contributed by atoms with E-state index in [1.807, 2.05) is 12.3 Å². The monoisotopic (exact) mass is 378 g/mol. The first kappa shape index (κ1) is 17.2. The molecule has 0 unspecified atom stereocenters. The summed E-state index contributed by atoms with van der Waals surface area (Å²) in [4.78, 5) is 11.6.